The van der Waals surface area contributed by atoms with Crippen molar-refractivity contribution in [2.24, 2.45) is 5.92 Å². The smallest absolute Gasteiger partial charge is 0.227 e. The van der Waals surface area contributed by atoms with Crippen LogP contribution in [0.2, 0.25) is 0 Å². The van der Waals surface area contributed by atoms with Gasteiger partial charge in [0.15, 0.2) is 11.5 Å². The number of fused-ring (bicyclic) bond motifs is 2. The summed E-state index contributed by atoms with van der Waals surface area (Å²) in [5.74, 6) is -0.0984. The Morgan fingerprint density at radius 1 is 1.33 bits per heavy atom. The lowest BCUT2D eigenvalue weighted by molar-refractivity contribution is -0.123. The number of hydrogen-bond acceptors (Lipinski definition) is 7. The minimum atomic E-state index is -0.403. The summed E-state index contributed by atoms with van der Waals surface area (Å²) in [6.07, 6.45) is 5.10. The van der Waals surface area contributed by atoms with Crippen LogP contribution in [0.15, 0.2) is 35.1 Å². The van der Waals surface area contributed by atoms with Crippen LogP contribution in [0.1, 0.15) is 24.4 Å². The number of rotatable bonds is 2. The van der Waals surface area contributed by atoms with Crippen molar-refractivity contribution >= 4 is 23.5 Å². The number of aromatic hydroxyl groups is 2. The Morgan fingerprint density at radius 3 is 2.92 bits per heavy atom. The standard InChI is InChI=1S/C16H16N4O3S/c1-24-16-18-15-17-9-3-2-4-11(22)13(9)14(20(15)19-16)8-5-6-10(21)12(23)7-8/h3,5-7,13-14,21,23H,2,4H2,1H3,(H,17,18,19)/t13-,14-/m1/s1. The number of nitrogens with zero attached hydrogens (tertiary/aromatic N) is 3. The quantitative estimate of drug-likeness (QED) is 0.567. The minimum Gasteiger partial charge on any atom is -0.504 e. The number of nitrogens with one attached hydrogen (secondary N) is 1. The molecule has 4 rings (SSSR count). The molecule has 1 aliphatic carbocycles. The third-order valence-electron chi connectivity index (χ3n) is 4.41. The van der Waals surface area contributed by atoms with E-state index in [1.165, 1.54) is 23.9 Å². The van der Waals surface area contributed by atoms with Crippen LogP contribution in [0, 0.1) is 5.92 Å². The lowest BCUT2D eigenvalue weighted by atomic mass is 9.81. The zero-order chi connectivity index (χ0) is 16.8. The van der Waals surface area contributed by atoms with E-state index in [9.17, 15) is 15.0 Å². The van der Waals surface area contributed by atoms with E-state index in [-0.39, 0.29) is 17.3 Å². The van der Waals surface area contributed by atoms with Crippen molar-refractivity contribution in [1.29, 1.82) is 0 Å². The van der Waals surface area contributed by atoms with Gasteiger partial charge in [0.2, 0.25) is 11.1 Å². The van der Waals surface area contributed by atoms with E-state index in [0.29, 0.717) is 29.5 Å². The van der Waals surface area contributed by atoms with Gasteiger partial charge < -0.3 is 15.5 Å². The Kier molecular flexibility index (Phi) is 3.49. The number of thioether (sulfide) groups is 1. The third kappa shape index (κ3) is 2.25. The highest BCUT2D eigenvalue weighted by atomic mass is 32.2. The van der Waals surface area contributed by atoms with Gasteiger partial charge in [-0.15, -0.1) is 5.10 Å². The van der Waals surface area contributed by atoms with Crippen molar-refractivity contribution in [3.63, 3.8) is 0 Å². The molecule has 1 aromatic carbocycles. The number of hydrogen-bond donors (Lipinski definition) is 3. The third-order valence-corrected chi connectivity index (χ3v) is 4.95. The van der Waals surface area contributed by atoms with Crippen LogP contribution in [0.5, 0.6) is 11.5 Å². The van der Waals surface area contributed by atoms with Crippen molar-refractivity contribution in [2.45, 2.75) is 24.0 Å². The van der Waals surface area contributed by atoms with E-state index in [4.69, 9.17) is 0 Å². The number of phenolic OH excluding ortho intramolecular Hbond substituents is 2. The molecule has 0 amide bonds. The molecule has 8 heteroatoms. The molecule has 0 unspecified atom stereocenters. The Balaban J connectivity index is 1.91. The van der Waals surface area contributed by atoms with Gasteiger partial charge >= 0.3 is 0 Å². The van der Waals surface area contributed by atoms with E-state index in [1.807, 2.05) is 12.3 Å². The molecule has 1 aromatic heterocycles. The maximum atomic E-state index is 12.6. The van der Waals surface area contributed by atoms with Crippen LogP contribution in [-0.4, -0.2) is 37.0 Å². The molecule has 0 fully saturated rings. The predicted molar refractivity (Wildman–Crippen MR) is 89.2 cm³/mol. The Bertz CT molecular complexity index is 861. The second-order valence-electron chi connectivity index (χ2n) is 5.83. The fourth-order valence-electron chi connectivity index (χ4n) is 3.30. The molecular formula is C16H16N4O3S. The van der Waals surface area contributed by atoms with E-state index in [2.05, 4.69) is 15.4 Å². The van der Waals surface area contributed by atoms with Crippen LogP contribution in [-0.2, 0) is 4.79 Å². The highest BCUT2D eigenvalue weighted by molar-refractivity contribution is 7.98. The van der Waals surface area contributed by atoms with Crippen molar-refractivity contribution in [3.05, 3.63) is 35.5 Å². The molecule has 0 radical (unpaired) electrons. The first-order valence-electron chi connectivity index (χ1n) is 7.60. The zero-order valence-corrected chi connectivity index (χ0v) is 13.7. The molecular weight excluding hydrogens is 328 g/mol. The molecule has 1 aliphatic heterocycles. The topological polar surface area (TPSA) is 100 Å². The average molecular weight is 344 g/mol. The predicted octanol–water partition coefficient (Wildman–Crippen LogP) is 2.29. The van der Waals surface area contributed by atoms with Gasteiger partial charge in [-0.3, -0.25) is 4.79 Å². The summed E-state index contributed by atoms with van der Waals surface area (Å²) >= 11 is 1.42. The molecule has 7 nitrogen and oxygen atoms in total. The van der Waals surface area contributed by atoms with Crippen molar-refractivity contribution in [3.8, 4) is 11.5 Å². The summed E-state index contributed by atoms with van der Waals surface area (Å²) in [6.45, 7) is 0. The monoisotopic (exact) mass is 344 g/mol. The molecule has 2 aromatic rings. The number of ketones is 1. The second kappa shape index (κ2) is 5.55. The summed E-state index contributed by atoms with van der Waals surface area (Å²) in [5, 5.41) is 27.8. The summed E-state index contributed by atoms with van der Waals surface area (Å²) in [5.41, 5.74) is 1.54. The number of allylic oxidation sites excluding steroid dienone is 2. The number of carbonyl (C=O) groups excluding carboxylic acids is 1. The fraction of sp³-hybridized carbons (Fsp3) is 0.312. The summed E-state index contributed by atoms with van der Waals surface area (Å²) in [4.78, 5) is 17.0. The van der Waals surface area contributed by atoms with Crippen LogP contribution in [0.25, 0.3) is 0 Å². The molecule has 0 saturated heterocycles. The molecule has 2 atom stereocenters. The van der Waals surface area contributed by atoms with Gasteiger partial charge in [0, 0.05) is 12.1 Å². The second-order valence-corrected chi connectivity index (χ2v) is 6.60. The van der Waals surface area contributed by atoms with E-state index in [0.717, 1.165) is 5.70 Å². The minimum absolute atomic E-state index is 0.129. The van der Waals surface area contributed by atoms with Gasteiger partial charge in [-0.1, -0.05) is 23.9 Å². The van der Waals surface area contributed by atoms with Gasteiger partial charge in [0.25, 0.3) is 0 Å². The number of benzene rings is 1. The van der Waals surface area contributed by atoms with E-state index in [1.54, 1.807) is 10.7 Å². The normalized spacial score (nSPS) is 22.4. The zero-order valence-electron chi connectivity index (χ0n) is 12.9. The average Bonchev–Trinajstić information content (AvgIpc) is 2.98. The molecule has 0 bridgehead atoms. The van der Waals surface area contributed by atoms with E-state index < -0.39 is 12.0 Å². The van der Waals surface area contributed by atoms with Crippen LogP contribution >= 0.6 is 11.8 Å². The van der Waals surface area contributed by atoms with E-state index >= 15 is 0 Å². The molecule has 3 N–H and O–H groups in total. The SMILES string of the molecule is CSc1nc2n(n1)[C@H](c1ccc(O)c(O)c1)[C@H]1C(=O)CCC=C1N2. The highest BCUT2D eigenvalue weighted by Crippen LogP contribution is 2.43. The number of phenols is 2. The molecule has 24 heavy (non-hydrogen) atoms. The summed E-state index contributed by atoms with van der Waals surface area (Å²) in [6, 6.07) is 4.21. The maximum absolute atomic E-state index is 12.6. The lowest BCUT2D eigenvalue weighted by Crippen LogP contribution is -2.38. The largest absolute Gasteiger partial charge is 0.504 e. The highest BCUT2D eigenvalue weighted by Gasteiger charge is 2.41. The number of carbonyl (C=O) groups is 1. The number of anilines is 1. The fourth-order valence-corrected chi connectivity index (χ4v) is 3.65. The first kappa shape index (κ1) is 15.1. The van der Waals surface area contributed by atoms with Gasteiger partial charge in [-0.05, 0) is 30.4 Å². The van der Waals surface area contributed by atoms with Gasteiger partial charge in [-0.25, -0.2) is 4.68 Å². The lowest BCUT2D eigenvalue weighted by Gasteiger charge is -2.36. The van der Waals surface area contributed by atoms with Gasteiger partial charge in [0.05, 0.1) is 12.0 Å². The Morgan fingerprint density at radius 2 is 2.17 bits per heavy atom. The van der Waals surface area contributed by atoms with Gasteiger partial charge in [-0.2, -0.15) is 4.98 Å². The molecule has 124 valence electrons. The molecule has 0 spiro atoms. The van der Waals surface area contributed by atoms with Crippen molar-refractivity contribution in [2.75, 3.05) is 11.6 Å². The van der Waals surface area contributed by atoms with Gasteiger partial charge in [0.1, 0.15) is 5.78 Å². The van der Waals surface area contributed by atoms with Crippen LogP contribution in [0.4, 0.5) is 5.95 Å². The number of Topliss-reactive ketones (excluding diaryl/α,β-unsaturated/α-hetero) is 1. The summed E-state index contributed by atoms with van der Waals surface area (Å²) in [7, 11) is 0. The number of aromatic nitrogens is 3. The van der Waals surface area contributed by atoms with Crippen molar-refractivity contribution < 1.29 is 15.0 Å². The maximum Gasteiger partial charge on any atom is 0.227 e. The first-order chi connectivity index (χ1) is 11.6. The molecule has 2 aliphatic rings. The van der Waals surface area contributed by atoms with Crippen molar-refractivity contribution in [1.82, 2.24) is 14.8 Å². The Labute approximate surface area is 142 Å². The summed E-state index contributed by atoms with van der Waals surface area (Å²) < 4.78 is 1.70. The Hall–Kier alpha value is -2.48. The molecule has 0 saturated carbocycles. The van der Waals surface area contributed by atoms with Crippen LogP contribution < -0.4 is 5.32 Å². The van der Waals surface area contributed by atoms with Crippen LogP contribution in [0.3, 0.4) is 0 Å². The first-order valence-corrected chi connectivity index (χ1v) is 8.83. The molecule has 2 heterocycles.